The Kier molecular flexibility index (Phi) is 3.17. The maximum Gasteiger partial charge on any atom is 0.267 e. The Bertz CT molecular complexity index is 478. The Balaban J connectivity index is 1.87. The molecule has 0 radical (unpaired) electrons. The van der Waals surface area contributed by atoms with E-state index < -0.39 is 0 Å². The number of aromatic nitrogens is 1. The summed E-state index contributed by atoms with van der Waals surface area (Å²) in [6.45, 7) is 1.98. The minimum atomic E-state index is -0.319. The van der Waals surface area contributed by atoms with Crippen LogP contribution in [-0.2, 0) is 16.1 Å². The lowest BCUT2D eigenvalue weighted by Crippen LogP contribution is -2.36. The lowest BCUT2D eigenvalue weighted by molar-refractivity contribution is -0.121. The van der Waals surface area contributed by atoms with E-state index in [2.05, 4.69) is 20.8 Å². The number of hydrazone groups is 1. The van der Waals surface area contributed by atoms with Crippen molar-refractivity contribution in [3.05, 3.63) is 17.8 Å². The van der Waals surface area contributed by atoms with E-state index >= 15 is 0 Å². The fourth-order valence-electron chi connectivity index (χ4n) is 1.38. The zero-order chi connectivity index (χ0) is 12.3. The van der Waals surface area contributed by atoms with Gasteiger partial charge in [-0.05, 0) is 6.92 Å². The minimum absolute atomic E-state index is 0.176. The first-order valence-corrected chi connectivity index (χ1v) is 5.20. The molecule has 2 rings (SSSR count). The average Bonchev–Trinajstić information content (AvgIpc) is 2.73. The van der Waals surface area contributed by atoms with E-state index in [9.17, 15) is 9.59 Å². The van der Waals surface area contributed by atoms with Crippen molar-refractivity contribution >= 4 is 17.5 Å². The van der Waals surface area contributed by atoms with E-state index in [1.807, 2.05) is 0 Å². The molecule has 90 valence electrons. The van der Waals surface area contributed by atoms with Gasteiger partial charge < -0.3 is 9.73 Å². The van der Waals surface area contributed by atoms with Crippen LogP contribution >= 0.6 is 0 Å². The van der Waals surface area contributed by atoms with Crippen molar-refractivity contribution in [2.45, 2.75) is 26.3 Å². The summed E-state index contributed by atoms with van der Waals surface area (Å²) in [4.78, 5) is 26.4. The van der Waals surface area contributed by atoms with Crippen LogP contribution in [0.3, 0.4) is 0 Å². The van der Waals surface area contributed by atoms with Gasteiger partial charge in [-0.3, -0.25) is 9.59 Å². The summed E-state index contributed by atoms with van der Waals surface area (Å²) in [5.74, 6) is 0.638. The molecule has 2 heterocycles. The smallest absolute Gasteiger partial charge is 0.267 e. The number of carbonyl (C=O) groups excluding carboxylic acids is 2. The van der Waals surface area contributed by atoms with Gasteiger partial charge in [0.15, 0.2) is 0 Å². The third kappa shape index (κ3) is 2.90. The number of aryl methyl sites for hydroxylation is 1. The van der Waals surface area contributed by atoms with Gasteiger partial charge in [-0.15, -0.1) is 0 Å². The summed E-state index contributed by atoms with van der Waals surface area (Å²) < 4.78 is 5.20. The molecule has 1 aliphatic rings. The first kappa shape index (κ1) is 11.3. The van der Waals surface area contributed by atoms with Crippen LogP contribution in [0.5, 0.6) is 0 Å². The predicted molar refractivity (Wildman–Crippen MR) is 57.9 cm³/mol. The van der Waals surface area contributed by atoms with Crippen LogP contribution in [0.4, 0.5) is 0 Å². The van der Waals surface area contributed by atoms with Crippen LogP contribution < -0.4 is 10.7 Å². The van der Waals surface area contributed by atoms with E-state index in [1.165, 1.54) is 0 Å². The standard InChI is InChI=1S/C10H12N4O3/c1-6-4-11-9(17-6)5-12-10(16)7-2-3-8(15)14-13-7/h4H,2-3,5H2,1H3,(H,12,16)(H,14,15). The summed E-state index contributed by atoms with van der Waals surface area (Å²) in [7, 11) is 0. The molecule has 0 spiro atoms. The number of rotatable bonds is 3. The maximum absolute atomic E-state index is 11.6. The molecular weight excluding hydrogens is 224 g/mol. The van der Waals surface area contributed by atoms with Crippen LogP contribution in [-0.4, -0.2) is 22.5 Å². The molecule has 0 fully saturated rings. The van der Waals surface area contributed by atoms with Crippen molar-refractivity contribution < 1.29 is 14.0 Å². The third-order valence-corrected chi connectivity index (χ3v) is 2.24. The topological polar surface area (TPSA) is 96.6 Å². The molecule has 0 saturated carbocycles. The number of amides is 2. The molecule has 0 aliphatic carbocycles. The van der Waals surface area contributed by atoms with Crippen molar-refractivity contribution in [2.24, 2.45) is 5.10 Å². The van der Waals surface area contributed by atoms with Crippen molar-refractivity contribution in [2.75, 3.05) is 0 Å². The zero-order valence-corrected chi connectivity index (χ0v) is 9.32. The van der Waals surface area contributed by atoms with Crippen molar-refractivity contribution in [3.63, 3.8) is 0 Å². The third-order valence-electron chi connectivity index (χ3n) is 2.24. The number of nitrogens with zero attached hydrogens (tertiary/aromatic N) is 2. The maximum atomic E-state index is 11.6. The van der Waals surface area contributed by atoms with E-state index in [4.69, 9.17) is 4.42 Å². The van der Waals surface area contributed by atoms with Gasteiger partial charge in [-0.25, -0.2) is 10.4 Å². The lowest BCUT2D eigenvalue weighted by Gasteiger charge is -2.10. The van der Waals surface area contributed by atoms with E-state index in [0.29, 0.717) is 23.8 Å². The summed E-state index contributed by atoms with van der Waals surface area (Å²) in [6.07, 6.45) is 2.21. The summed E-state index contributed by atoms with van der Waals surface area (Å²) in [5.41, 5.74) is 2.58. The molecule has 1 aromatic rings. The summed E-state index contributed by atoms with van der Waals surface area (Å²) in [5, 5.41) is 6.30. The summed E-state index contributed by atoms with van der Waals surface area (Å²) in [6, 6.07) is 0. The van der Waals surface area contributed by atoms with Gasteiger partial charge in [-0.2, -0.15) is 5.10 Å². The molecule has 0 bridgehead atoms. The SMILES string of the molecule is Cc1cnc(CNC(=O)C2=NNC(=O)CC2)o1. The highest BCUT2D eigenvalue weighted by Crippen LogP contribution is 2.02. The molecule has 0 atom stereocenters. The van der Waals surface area contributed by atoms with Gasteiger partial charge in [0.2, 0.25) is 11.8 Å². The number of hydrogen-bond acceptors (Lipinski definition) is 5. The molecule has 0 unspecified atom stereocenters. The van der Waals surface area contributed by atoms with Crippen molar-refractivity contribution in [3.8, 4) is 0 Å². The van der Waals surface area contributed by atoms with Crippen LogP contribution in [0.1, 0.15) is 24.5 Å². The van der Waals surface area contributed by atoms with Gasteiger partial charge >= 0.3 is 0 Å². The number of oxazole rings is 1. The molecule has 1 aliphatic heterocycles. The number of nitrogens with one attached hydrogen (secondary N) is 2. The van der Waals surface area contributed by atoms with Gasteiger partial charge in [0, 0.05) is 12.8 Å². The molecule has 0 saturated heterocycles. The number of carbonyl (C=O) groups is 2. The number of hydrogen-bond donors (Lipinski definition) is 2. The second-order valence-electron chi connectivity index (χ2n) is 3.64. The van der Waals surface area contributed by atoms with E-state index in [0.717, 1.165) is 0 Å². The molecule has 1 aromatic heterocycles. The molecular formula is C10H12N4O3. The second-order valence-corrected chi connectivity index (χ2v) is 3.64. The lowest BCUT2D eigenvalue weighted by atomic mass is 10.1. The zero-order valence-electron chi connectivity index (χ0n) is 9.32. The monoisotopic (exact) mass is 236 g/mol. The second kappa shape index (κ2) is 4.77. The Labute approximate surface area is 97.3 Å². The average molecular weight is 236 g/mol. The van der Waals surface area contributed by atoms with Gasteiger partial charge in [0.05, 0.1) is 12.7 Å². The van der Waals surface area contributed by atoms with Crippen molar-refractivity contribution in [1.29, 1.82) is 0 Å². The van der Waals surface area contributed by atoms with Crippen LogP contribution in [0.2, 0.25) is 0 Å². The molecule has 7 nitrogen and oxygen atoms in total. The fourth-order valence-corrected chi connectivity index (χ4v) is 1.38. The molecule has 17 heavy (non-hydrogen) atoms. The van der Waals surface area contributed by atoms with Crippen LogP contribution in [0.25, 0.3) is 0 Å². The van der Waals surface area contributed by atoms with Crippen LogP contribution in [0.15, 0.2) is 15.7 Å². The van der Waals surface area contributed by atoms with Crippen LogP contribution in [0, 0.1) is 6.92 Å². The Hall–Kier alpha value is -2.18. The quantitative estimate of drug-likeness (QED) is 0.763. The predicted octanol–water partition coefficient (Wildman–Crippen LogP) is -0.135. The van der Waals surface area contributed by atoms with Gasteiger partial charge in [0.1, 0.15) is 11.5 Å². The molecule has 2 N–H and O–H groups in total. The normalized spacial score (nSPS) is 15.1. The van der Waals surface area contributed by atoms with Gasteiger partial charge in [-0.1, -0.05) is 0 Å². The highest BCUT2D eigenvalue weighted by molar-refractivity contribution is 6.39. The van der Waals surface area contributed by atoms with Gasteiger partial charge in [0.25, 0.3) is 5.91 Å². The molecule has 2 amide bonds. The Morgan fingerprint density at radius 2 is 2.41 bits per heavy atom. The highest BCUT2D eigenvalue weighted by atomic mass is 16.4. The molecule has 0 aromatic carbocycles. The van der Waals surface area contributed by atoms with E-state index in [-0.39, 0.29) is 24.8 Å². The van der Waals surface area contributed by atoms with E-state index in [1.54, 1.807) is 13.1 Å². The first-order chi connectivity index (χ1) is 8.15. The van der Waals surface area contributed by atoms with Crippen molar-refractivity contribution in [1.82, 2.24) is 15.7 Å². The minimum Gasteiger partial charge on any atom is -0.444 e. The molecule has 7 heteroatoms. The first-order valence-electron chi connectivity index (χ1n) is 5.20. The Morgan fingerprint density at radius 1 is 1.59 bits per heavy atom. The largest absolute Gasteiger partial charge is 0.444 e. The Morgan fingerprint density at radius 3 is 3.00 bits per heavy atom. The highest BCUT2D eigenvalue weighted by Gasteiger charge is 2.18. The summed E-state index contributed by atoms with van der Waals surface area (Å²) >= 11 is 0. The fraction of sp³-hybridized carbons (Fsp3) is 0.400.